The molecule has 0 saturated heterocycles. The smallest absolute Gasteiger partial charge is 0.0253 e. The molecule has 0 bridgehead atoms. The van der Waals surface area contributed by atoms with Crippen molar-refractivity contribution < 1.29 is 0 Å². The number of benzene rings is 1. The first-order valence-electron chi connectivity index (χ1n) is 4.56. The summed E-state index contributed by atoms with van der Waals surface area (Å²) in [5.41, 5.74) is 1.45. The van der Waals surface area contributed by atoms with E-state index in [-0.39, 0.29) is 0 Å². The van der Waals surface area contributed by atoms with Crippen LogP contribution in [0.5, 0.6) is 0 Å². The third-order valence-corrected chi connectivity index (χ3v) is 2.65. The molecule has 0 radical (unpaired) electrons. The lowest BCUT2D eigenvalue weighted by Gasteiger charge is -2.07. The average molecular weight is 180 g/mol. The molecule has 2 atom stereocenters. The summed E-state index contributed by atoms with van der Waals surface area (Å²) < 4.78 is 0. The topological polar surface area (TPSA) is 0 Å². The second-order valence-corrected chi connectivity index (χ2v) is 4.13. The lowest BCUT2D eigenvalue weighted by Crippen LogP contribution is -1.99. The molecule has 2 unspecified atom stereocenters. The monoisotopic (exact) mass is 180 g/mol. The predicted molar refractivity (Wildman–Crippen MR) is 58.9 cm³/mol. The maximum atomic E-state index is 2.71. The Balaban J connectivity index is 2.58. The summed E-state index contributed by atoms with van der Waals surface area (Å²) in [5.74, 6) is 0.806. The molecule has 0 aliphatic carbocycles. The van der Waals surface area contributed by atoms with Crippen molar-refractivity contribution in [3.63, 3.8) is 0 Å². The van der Waals surface area contributed by atoms with Crippen molar-refractivity contribution in [3.05, 3.63) is 29.8 Å². The van der Waals surface area contributed by atoms with Gasteiger partial charge < -0.3 is 0 Å². The van der Waals surface area contributed by atoms with Gasteiger partial charge in [0.15, 0.2) is 0 Å². The van der Waals surface area contributed by atoms with E-state index in [4.69, 9.17) is 0 Å². The van der Waals surface area contributed by atoms with Crippen molar-refractivity contribution in [1.29, 1.82) is 0 Å². The van der Waals surface area contributed by atoms with Crippen LogP contribution in [0.3, 0.4) is 0 Å². The van der Waals surface area contributed by atoms with Crippen molar-refractivity contribution in [3.8, 4) is 0 Å². The van der Waals surface area contributed by atoms with Gasteiger partial charge in [-0.15, -0.1) is 9.24 Å². The fourth-order valence-corrected chi connectivity index (χ4v) is 1.39. The zero-order chi connectivity index (χ0) is 8.97. The molecular weight excluding hydrogens is 163 g/mol. The van der Waals surface area contributed by atoms with Gasteiger partial charge in [0, 0.05) is 0 Å². The van der Waals surface area contributed by atoms with E-state index in [1.54, 1.807) is 0 Å². The Kier molecular flexibility index (Phi) is 3.75. The molecule has 0 heterocycles. The van der Waals surface area contributed by atoms with Crippen molar-refractivity contribution in [2.75, 3.05) is 0 Å². The van der Waals surface area contributed by atoms with E-state index in [0.29, 0.717) is 0 Å². The van der Waals surface area contributed by atoms with E-state index < -0.39 is 0 Å². The Bertz CT molecular complexity index is 225. The molecule has 0 fully saturated rings. The van der Waals surface area contributed by atoms with Crippen LogP contribution < -0.4 is 5.30 Å². The first-order chi connectivity index (χ1) is 5.72. The zero-order valence-corrected chi connectivity index (χ0v) is 9.03. The lowest BCUT2D eigenvalue weighted by atomic mass is 9.99. The Morgan fingerprint density at radius 2 is 1.83 bits per heavy atom. The van der Waals surface area contributed by atoms with Gasteiger partial charge in [-0.2, -0.15) is 0 Å². The molecule has 0 aromatic heterocycles. The Hall–Kier alpha value is -0.350. The predicted octanol–water partition coefficient (Wildman–Crippen LogP) is 2.78. The van der Waals surface area contributed by atoms with Gasteiger partial charge in [0.25, 0.3) is 0 Å². The summed E-state index contributed by atoms with van der Waals surface area (Å²) in [5, 5.41) is 1.27. The molecule has 0 N–H and O–H groups in total. The van der Waals surface area contributed by atoms with Gasteiger partial charge in [0.1, 0.15) is 0 Å². The van der Waals surface area contributed by atoms with Crippen LogP contribution in [0.15, 0.2) is 24.3 Å². The van der Waals surface area contributed by atoms with E-state index >= 15 is 0 Å². The van der Waals surface area contributed by atoms with Crippen LogP contribution in [0.1, 0.15) is 25.8 Å². The molecule has 0 aliphatic rings. The van der Waals surface area contributed by atoms with Gasteiger partial charge in [0.2, 0.25) is 0 Å². The minimum absolute atomic E-state index is 0.806. The quantitative estimate of drug-likeness (QED) is 0.627. The van der Waals surface area contributed by atoms with Gasteiger partial charge in [-0.1, -0.05) is 44.5 Å². The van der Waals surface area contributed by atoms with E-state index in [0.717, 1.165) is 5.92 Å². The SMILES string of the molecule is CCC(C)Cc1ccc(P)cc1. The largest absolute Gasteiger partial charge is 0.106 e. The maximum Gasteiger partial charge on any atom is -0.0253 e. The third kappa shape index (κ3) is 2.95. The third-order valence-electron chi connectivity index (χ3n) is 2.26. The van der Waals surface area contributed by atoms with Crippen LogP contribution in [-0.4, -0.2) is 0 Å². The van der Waals surface area contributed by atoms with Crippen LogP contribution in [-0.2, 0) is 6.42 Å². The normalized spacial score (nSPS) is 12.9. The summed E-state index contributed by atoms with van der Waals surface area (Å²) in [6.45, 7) is 4.54. The molecule has 1 rings (SSSR count). The average Bonchev–Trinajstić information content (AvgIpc) is 2.09. The Labute approximate surface area is 77.6 Å². The number of hydrogen-bond acceptors (Lipinski definition) is 0. The number of hydrogen-bond donors (Lipinski definition) is 0. The van der Waals surface area contributed by atoms with Crippen molar-refractivity contribution in [1.82, 2.24) is 0 Å². The summed E-state index contributed by atoms with van der Waals surface area (Å²) >= 11 is 0. The molecule has 0 amide bonds. The standard InChI is InChI=1S/C11H17P/c1-3-9(2)8-10-4-6-11(12)7-5-10/h4-7,9H,3,8,12H2,1-2H3. The highest BCUT2D eigenvalue weighted by molar-refractivity contribution is 7.27. The molecule has 0 aliphatic heterocycles. The van der Waals surface area contributed by atoms with Gasteiger partial charge >= 0.3 is 0 Å². The fraction of sp³-hybridized carbons (Fsp3) is 0.455. The van der Waals surface area contributed by atoms with Crippen molar-refractivity contribution in [2.24, 2.45) is 5.92 Å². The van der Waals surface area contributed by atoms with Crippen LogP contribution in [0.25, 0.3) is 0 Å². The highest BCUT2D eigenvalue weighted by atomic mass is 31.0. The number of rotatable bonds is 3. The van der Waals surface area contributed by atoms with Crippen LogP contribution >= 0.6 is 9.24 Å². The van der Waals surface area contributed by atoms with E-state index in [1.165, 1.54) is 23.7 Å². The maximum absolute atomic E-state index is 2.71. The van der Waals surface area contributed by atoms with Gasteiger partial charge in [0.05, 0.1) is 0 Å². The Morgan fingerprint density at radius 3 is 2.33 bits per heavy atom. The molecule has 66 valence electrons. The van der Waals surface area contributed by atoms with Crippen LogP contribution in [0.2, 0.25) is 0 Å². The highest BCUT2D eigenvalue weighted by Gasteiger charge is 1.99. The molecular formula is C11H17P. The lowest BCUT2D eigenvalue weighted by molar-refractivity contribution is 0.560. The summed E-state index contributed by atoms with van der Waals surface area (Å²) in [7, 11) is 2.71. The molecule has 1 aromatic rings. The highest BCUT2D eigenvalue weighted by Crippen LogP contribution is 2.10. The van der Waals surface area contributed by atoms with E-state index in [2.05, 4.69) is 47.4 Å². The van der Waals surface area contributed by atoms with Crippen LogP contribution in [0, 0.1) is 5.92 Å². The first kappa shape index (κ1) is 9.74. The second kappa shape index (κ2) is 4.62. The fourth-order valence-electron chi connectivity index (χ4n) is 1.20. The Morgan fingerprint density at radius 1 is 1.25 bits per heavy atom. The molecule has 1 aromatic carbocycles. The molecule has 0 spiro atoms. The molecule has 12 heavy (non-hydrogen) atoms. The minimum Gasteiger partial charge on any atom is -0.106 e. The van der Waals surface area contributed by atoms with Gasteiger partial charge in [-0.05, 0) is 23.2 Å². The molecule has 0 nitrogen and oxygen atoms in total. The van der Waals surface area contributed by atoms with Crippen molar-refractivity contribution in [2.45, 2.75) is 26.7 Å². The minimum atomic E-state index is 0.806. The van der Waals surface area contributed by atoms with E-state index in [9.17, 15) is 0 Å². The van der Waals surface area contributed by atoms with Gasteiger partial charge in [-0.3, -0.25) is 0 Å². The summed E-state index contributed by atoms with van der Waals surface area (Å²) in [4.78, 5) is 0. The second-order valence-electron chi connectivity index (χ2n) is 3.46. The van der Waals surface area contributed by atoms with Gasteiger partial charge in [-0.25, -0.2) is 0 Å². The first-order valence-corrected chi connectivity index (χ1v) is 5.14. The molecule has 0 saturated carbocycles. The van der Waals surface area contributed by atoms with Crippen LogP contribution in [0.4, 0.5) is 0 Å². The zero-order valence-electron chi connectivity index (χ0n) is 7.88. The van der Waals surface area contributed by atoms with Crippen molar-refractivity contribution >= 4 is 14.5 Å². The van der Waals surface area contributed by atoms with E-state index in [1.807, 2.05) is 0 Å². The molecule has 1 heteroatoms. The summed E-state index contributed by atoms with van der Waals surface area (Å²) in [6, 6.07) is 8.74. The summed E-state index contributed by atoms with van der Waals surface area (Å²) in [6.07, 6.45) is 2.48.